The molecule has 1 saturated carbocycles. The quantitative estimate of drug-likeness (QED) is 0.867. The molecule has 2 N–H and O–H groups in total. The lowest BCUT2D eigenvalue weighted by molar-refractivity contribution is 0.0475. The fraction of sp³-hybridized carbons (Fsp3) is 0.588. The standard InChI is InChI=1S/C17H25FN2O3/c1-5-22-15-8-11(18)6-7-14(15)19-12-9-13(10-12)20-16(21)23-17(2,3)4/h6-8,12-13,19H,5,9-10H2,1-4H3,(H,20,21). The topological polar surface area (TPSA) is 59.6 Å². The minimum absolute atomic E-state index is 0.0957. The Morgan fingerprint density at radius 1 is 1.30 bits per heavy atom. The second-order valence-corrected chi connectivity index (χ2v) is 6.73. The highest BCUT2D eigenvalue weighted by molar-refractivity contribution is 5.68. The monoisotopic (exact) mass is 324 g/mol. The molecule has 0 aromatic heterocycles. The highest BCUT2D eigenvalue weighted by Crippen LogP contribution is 2.31. The molecule has 1 aliphatic carbocycles. The zero-order valence-electron chi connectivity index (χ0n) is 14.1. The average Bonchev–Trinajstić information content (AvgIpc) is 2.37. The Hall–Kier alpha value is -1.98. The van der Waals surface area contributed by atoms with Crippen LogP contribution in [0.4, 0.5) is 14.9 Å². The number of halogens is 1. The van der Waals surface area contributed by atoms with Crippen LogP contribution in [0.25, 0.3) is 0 Å². The van der Waals surface area contributed by atoms with Crippen LogP contribution < -0.4 is 15.4 Å². The summed E-state index contributed by atoms with van der Waals surface area (Å²) in [7, 11) is 0. The van der Waals surface area contributed by atoms with Crippen LogP contribution in [0.1, 0.15) is 40.5 Å². The van der Waals surface area contributed by atoms with Crippen molar-refractivity contribution >= 4 is 11.8 Å². The molecule has 0 unspecified atom stereocenters. The molecule has 1 aromatic rings. The van der Waals surface area contributed by atoms with Gasteiger partial charge in [-0.1, -0.05) is 0 Å². The van der Waals surface area contributed by atoms with Crippen molar-refractivity contribution in [2.75, 3.05) is 11.9 Å². The number of nitrogens with one attached hydrogen (secondary N) is 2. The summed E-state index contributed by atoms with van der Waals surface area (Å²) in [6.07, 6.45) is 1.20. The Kier molecular flexibility index (Phi) is 5.34. The third kappa shape index (κ3) is 5.30. The van der Waals surface area contributed by atoms with Crippen LogP contribution in [0.3, 0.4) is 0 Å². The van der Waals surface area contributed by atoms with Gasteiger partial charge in [-0.2, -0.15) is 0 Å². The lowest BCUT2D eigenvalue weighted by Crippen LogP contribution is -2.50. The number of hydrogen-bond donors (Lipinski definition) is 2. The van der Waals surface area contributed by atoms with Crippen molar-refractivity contribution in [2.45, 2.75) is 58.2 Å². The van der Waals surface area contributed by atoms with E-state index in [0.717, 1.165) is 18.5 Å². The number of alkyl carbamates (subject to hydrolysis) is 1. The molecule has 0 spiro atoms. The maximum absolute atomic E-state index is 13.3. The van der Waals surface area contributed by atoms with E-state index in [0.29, 0.717) is 12.4 Å². The van der Waals surface area contributed by atoms with Crippen molar-refractivity contribution in [1.29, 1.82) is 0 Å². The van der Waals surface area contributed by atoms with Gasteiger partial charge in [-0.15, -0.1) is 0 Å². The van der Waals surface area contributed by atoms with E-state index in [9.17, 15) is 9.18 Å². The zero-order valence-corrected chi connectivity index (χ0v) is 14.1. The molecule has 128 valence electrons. The Morgan fingerprint density at radius 3 is 2.61 bits per heavy atom. The number of carbonyl (C=O) groups is 1. The molecule has 1 amide bonds. The summed E-state index contributed by atoms with van der Waals surface area (Å²) < 4.78 is 23.9. The van der Waals surface area contributed by atoms with E-state index in [1.54, 1.807) is 6.07 Å². The van der Waals surface area contributed by atoms with Crippen LogP contribution in [0.2, 0.25) is 0 Å². The van der Waals surface area contributed by atoms with Gasteiger partial charge in [0.25, 0.3) is 0 Å². The molecule has 1 fully saturated rings. The fourth-order valence-electron chi connectivity index (χ4n) is 2.44. The van der Waals surface area contributed by atoms with Gasteiger partial charge in [0.05, 0.1) is 12.3 Å². The van der Waals surface area contributed by atoms with Crippen molar-refractivity contribution in [1.82, 2.24) is 5.32 Å². The average molecular weight is 324 g/mol. The number of anilines is 1. The lowest BCUT2D eigenvalue weighted by Gasteiger charge is -2.37. The second-order valence-electron chi connectivity index (χ2n) is 6.73. The van der Waals surface area contributed by atoms with Gasteiger partial charge in [0.15, 0.2) is 0 Å². The first-order chi connectivity index (χ1) is 10.8. The molecule has 23 heavy (non-hydrogen) atoms. The first-order valence-corrected chi connectivity index (χ1v) is 7.95. The molecule has 0 bridgehead atoms. The first kappa shape index (κ1) is 17.4. The van der Waals surface area contributed by atoms with E-state index >= 15 is 0 Å². The second kappa shape index (κ2) is 7.06. The minimum Gasteiger partial charge on any atom is -0.492 e. The van der Waals surface area contributed by atoms with Gasteiger partial charge in [0, 0.05) is 18.2 Å². The third-order valence-corrected chi connectivity index (χ3v) is 3.46. The van der Waals surface area contributed by atoms with Crippen LogP contribution in [0.5, 0.6) is 5.75 Å². The van der Waals surface area contributed by atoms with Crippen LogP contribution in [0.15, 0.2) is 18.2 Å². The predicted molar refractivity (Wildman–Crippen MR) is 87.4 cm³/mol. The van der Waals surface area contributed by atoms with Crippen LogP contribution in [0, 0.1) is 5.82 Å². The number of ether oxygens (including phenoxy) is 2. The van der Waals surface area contributed by atoms with E-state index < -0.39 is 11.7 Å². The third-order valence-electron chi connectivity index (χ3n) is 3.46. The van der Waals surface area contributed by atoms with E-state index in [2.05, 4.69) is 10.6 Å². The smallest absolute Gasteiger partial charge is 0.407 e. The minimum atomic E-state index is -0.494. The summed E-state index contributed by atoms with van der Waals surface area (Å²) >= 11 is 0. The number of benzene rings is 1. The van der Waals surface area contributed by atoms with Gasteiger partial charge < -0.3 is 20.1 Å². The maximum Gasteiger partial charge on any atom is 0.407 e. The van der Waals surface area contributed by atoms with Crippen molar-refractivity contribution in [3.8, 4) is 5.75 Å². The van der Waals surface area contributed by atoms with Gasteiger partial charge in [-0.25, -0.2) is 9.18 Å². The first-order valence-electron chi connectivity index (χ1n) is 7.95. The molecule has 0 aliphatic heterocycles. The zero-order chi connectivity index (χ0) is 17.0. The SMILES string of the molecule is CCOc1cc(F)ccc1NC1CC(NC(=O)OC(C)(C)C)C1. The van der Waals surface area contributed by atoms with Crippen molar-refractivity contribution in [3.63, 3.8) is 0 Å². The van der Waals surface area contributed by atoms with E-state index in [1.807, 2.05) is 27.7 Å². The van der Waals surface area contributed by atoms with Crippen molar-refractivity contribution in [3.05, 3.63) is 24.0 Å². The Morgan fingerprint density at radius 2 is 2.00 bits per heavy atom. The van der Waals surface area contributed by atoms with Crippen LogP contribution >= 0.6 is 0 Å². The van der Waals surface area contributed by atoms with Gasteiger partial charge in [0.1, 0.15) is 17.2 Å². The van der Waals surface area contributed by atoms with E-state index in [-0.39, 0.29) is 17.9 Å². The number of amides is 1. The fourth-order valence-corrected chi connectivity index (χ4v) is 2.44. The van der Waals surface area contributed by atoms with Crippen molar-refractivity contribution in [2.24, 2.45) is 0 Å². The molecule has 0 heterocycles. The molecular weight excluding hydrogens is 299 g/mol. The summed E-state index contributed by atoms with van der Waals surface area (Å²) in [6, 6.07) is 4.77. The highest BCUT2D eigenvalue weighted by Gasteiger charge is 2.32. The summed E-state index contributed by atoms with van der Waals surface area (Å²) in [5.74, 6) is 0.188. The summed E-state index contributed by atoms with van der Waals surface area (Å²) in [6.45, 7) is 7.84. The highest BCUT2D eigenvalue weighted by atomic mass is 19.1. The van der Waals surface area contributed by atoms with E-state index in [4.69, 9.17) is 9.47 Å². The summed E-state index contributed by atoms with van der Waals surface area (Å²) in [5.41, 5.74) is 0.278. The predicted octanol–water partition coefficient (Wildman–Crippen LogP) is 3.69. The molecule has 2 rings (SSSR count). The van der Waals surface area contributed by atoms with Gasteiger partial charge in [0.2, 0.25) is 0 Å². The largest absolute Gasteiger partial charge is 0.492 e. The molecule has 1 aliphatic rings. The van der Waals surface area contributed by atoms with Crippen LogP contribution in [-0.4, -0.2) is 30.4 Å². The normalized spacial score (nSPS) is 20.4. The summed E-state index contributed by atoms with van der Waals surface area (Å²) in [4.78, 5) is 11.7. The van der Waals surface area contributed by atoms with Gasteiger partial charge in [-0.3, -0.25) is 0 Å². The van der Waals surface area contributed by atoms with Gasteiger partial charge in [-0.05, 0) is 52.7 Å². The maximum atomic E-state index is 13.3. The number of carbonyl (C=O) groups excluding carboxylic acids is 1. The van der Waals surface area contributed by atoms with Crippen molar-refractivity contribution < 1.29 is 18.7 Å². The van der Waals surface area contributed by atoms with Crippen LogP contribution in [-0.2, 0) is 4.74 Å². The number of rotatable bonds is 5. The molecule has 0 radical (unpaired) electrons. The molecular formula is C17H25FN2O3. The summed E-state index contributed by atoms with van der Waals surface area (Å²) in [5, 5.41) is 6.17. The molecule has 0 atom stereocenters. The number of hydrogen-bond acceptors (Lipinski definition) is 4. The molecule has 6 heteroatoms. The van der Waals surface area contributed by atoms with Gasteiger partial charge >= 0.3 is 6.09 Å². The molecule has 0 saturated heterocycles. The van der Waals surface area contributed by atoms with E-state index in [1.165, 1.54) is 12.1 Å². The Bertz CT molecular complexity index is 551. The lowest BCUT2D eigenvalue weighted by atomic mass is 9.86. The Labute approximate surface area is 136 Å². The molecule has 5 nitrogen and oxygen atoms in total. The Balaban J connectivity index is 1.81. The molecule has 1 aromatic carbocycles.